The summed E-state index contributed by atoms with van der Waals surface area (Å²) in [4.78, 5) is 22.8. The number of ether oxygens (including phenoxy) is 2. The molecular formula is C17H30O4. The maximum absolute atomic E-state index is 11.8. The zero-order valence-electron chi connectivity index (χ0n) is 13.6. The summed E-state index contributed by atoms with van der Waals surface area (Å²) in [5, 5.41) is 0. The van der Waals surface area contributed by atoms with Crippen LogP contribution in [0.3, 0.4) is 0 Å². The minimum absolute atomic E-state index is 0.0702. The third-order valence-corrected chi connectivity index (χ3v) is 3.27. The molecule has 0 rings (SSSR count). The number of esters is 1. The Morgan fingerprint density at radius 2 is 1.81 bits per heavy atom. The van der Waals surface area contributed by atoms with Crippen molar-refractivity contribution in [1.82, 2.24) is 0 Å². The van der Waals surface area contributed by atoms with Crippen LogP contribution in [0.4, 0.5) is 0 Å². The van der Waals surface area contributed by atoms with E-state index in [9.17, 15) is 9.59 Å². The van der Waals surface area contributed by atoms with Crippen molar-refractivity contribution < 1.29 is 19.1 Å². The van der Waals surface area contributed by atoms with E-state index in [0.717, 1.165) is 44.9 Å². The van der Waals surface area contributed by atoms with E-state index >= 15 is 0 Å². The van der Waals surface area contributed by atoms with Gasteiger partial charge in [-0.2, -0.15) is 0 Å². The third kappa shape index (κ3) is 13.6. The van der Waals surface area contributed by atoms with E-state index < -0.39 is 0 Å². The Hall–Kier alpha value is -1.16. The standard InChI is InChI=1S/C17H30O4/c1-4-5-6-11-16(12-9-10-15(2)18)21-17(19)13-7-8-14-20-3/h4,16H,1,5-14H2,2-3H3. The molecule has 0 saturated heterocycles. The summed E-state index contributed by atoms with van der Waals surface area (Å²) in [6.45, 7) is 5.96. The molecule has 1 atom stereocenters. The Kier molecular flexibility index (Phi) is 13.0. The third-order valence-electron chi connectivity index (χ3n) is 3.27. The number of hydrogen-bond acceptors (Lipinski definition) is 4. The molecule has 4 heteroatoms. The van der Waals surface area contributed by atoms with Crippen LogP contribution < -0.4 is 0 Å². The van der Waals surface area contributed by atoms with Crippen molar-refractivity contribution in [2.45, 2.75) is 70.8 Å². The summed E-state index contributed by atoms with van der Waals surface area (Å²) in [7, 11) is 1.66. The molecule has 0 aliphatic rings. The average Bonchev–Trinajstić information content (AvgIpc) is 2.43. The molecular weight excluding hydrogens is 268 g/mol. The Balaban J connectivity index is 4.01. The van der Waals surface area contributed by atoms with Gasteiger partial charge in [0.15, 0.2) is 0 Å². The van der Waals surface area contributed by atoms with Crippen LogP contribution in [0.15, 0.2) is 12.7 Å². The highest BCUT2D eigenvalue weighted by atomic mass is 16.5. The van der Waals surface area contributed by atoms with Gasteiger partial charge in [-0.15, -0.1) is 6.58 Å². The minimum atomic E-state index is -0.141. The Morgan fingerprint density at radius 1 is 1.10 bits per heavy atom. The molecule has 0 heterocycles. The monoisotopic (exact) mass is 298 g/mol. The summed E-state index contributed by atoms with van der Waals surface area (Å²) < 4.78 is 10.5. The molecule has 4 nitrogen and oxygen atoms in total. The molecule has 0 aliphatic heterocycles. The van der Waals surface area contributed by atoms with Gasteiger partial charge < -0.3 is 14.3 Å². The maximum atomic E-state index is 11.8. The van der Waals surface area contributed by atoms with Gasteiger partial charge in [0, 0.05) is 26.6 Å². The van der Waals surface area contributed by atoms with Crippen LogP contribution in [0.1, 0.15) is 64.7 Å². The van der Waals surface area contributed by atoms with Crippen LogP contribution in [0.25, 0.3) is 0 Å². The van der Waals surface area contributed by atoms with Crippen LogP contribution >= 0.6 is 0 Å². The summed E-state index contributed by atoms with van der Waals surface area (Å²) in [5.74, 6) is 0.0447. The number of Topliss-reactive ketones (excluding diaryl/α,β-unsaturated/α-hetero) is 1. The molecule has 0 radical (unpaired) electrons. The fraction of sp³-hybridized carbons (Fsp3) is 0.765. The quantitative estimate of drug-likeness (QED) is 0.278. The maximum Gasteiger partial charge on any atom is 0.306 e. The molecule has 0 aromatic rings. The lowest BCUT2D eigenvalue weighted by molar-refractivity contribution is -0.150. The van der Waals surface area contributed by atoms with Gasteiger partial charge in [0.05, 0.1) is 0 Å². The van der Waals surface area contributed by atoms with Crippen molar-refractivity contribution in [2.24, 2.45) is 0 Å². The van der Waals surface area contributed by atoms with Crippen LogP contribution in [0, 0.1) is 0 Å². The molecule has 0 aromatic carbocycles. The van der Waals surface area contributed by atoms with Gasteiger partial charge in [0.25, 0.3) is 0 Å². The molecule has 122 valence electrons. The lowest BCUT2D eigenvalue weighted by atomic mass is 10.0. The van der Waals surface area contributed by atoms with Crippen molar-refractivity contribution in [3.63, 3.8) is 0 Å². The summed E-state index contributed by atoms with van der Waals surface area (Å²) in [6.07, 6.45) is 8.74. The highest BCUT2D eigenvalue weighted by Gasteiger charge is 2.14. The number of ketones is 1. The number of hydrogen-bond donors (Lipinski definition) is 0. The summed E-state index contributed by atoms with van der Waals surface area (Å²) >= 11 is 0. The summed E-state index contributed by atoms with van der Waals surface area (Å²) in [6, 6.07) is 0. The second-order valence-electron chi connectivity index (χ2n) is 5.38. The van der Waals surface area contributed by atoms with Crippen molar-refractivity contribution in [2.75, 3.05) is 13.7 Å². The second-order valence-corrected chi connectivity index (χ2v) is 5.38. The van der Waals surface area contributed by atoms with E-state index in [2.05, 4.69) is 6.58 Å². The van der Waals surface area contributed by atoms with Crippen LogP contribution in [-0.4, -0.2) is 31.6 Å². The van der Waals surface area contributed by atoms with Crippen molar-refractivity contribution in [3.8, 4) is 0 Å². The van der Waals surface area contributed by atoms with E-state index in [1.807, 2.05) is 6.08 Å². The lowest BCUT2D eigenvalue weighted by Gasteiger charge is -2.17. The zero-order chi connectivity index (χ0) is 15.9. The molecule has 0 amide bonds. The lowest BCUT2D eigenvalue weighted by Crippen LogP contribution is -2.18. The second kappa shape index (κ2) is 13.8. The van der Waals surface area contributed by atoms with Gasteiger partial charge in [-0.3, -0.25) is 4.79 Å². The molecule has 0 fully saturated rings. The average molecular weight is 298 g/mol. The SMILES string of the molecule is C=CCCCC(CCCC(C)=O)OC(=O)CCCCOC. The summed E-state index contributed by atoms with van der Waals surface area (Å²) in [5.41, 5.74) is 0. The van der Waals surface area contributed by atoms with Crippen LogP contribution in [0.2, 0.25) is 0 Å². The van der Waals surface area contributed by atoms with Crippen molar-refractivity contribution >= 4 is 11.8 Å². The van der Waals surface area contributed by atoms with Gasteiger partial charge in [0.1, 0.15) is 11.9 Å². The van der Waals surface area contributed by atoms with E-state index in [0.29, 0.717) is 19.4 Å². The van der Waals surface area contributed by atoms with Gasteiger partial charge in [-0.25, -0.2) is 0 Å². The first-order valence-electron chi connectivity index (χ1n) is 7.89. The molecule has 21 heavy (non-hydrogen) atoms. The van der Waals surface area contributed by atoms with Crippen LogP contribution in [-0.2, 0) is 19.1 Å². The predicted molar refractivity (Wildman–Crippen MR) is 84.2 cm³/mol. The highest BCUT2D eigenvalue weighted by molar-refractivity contribution is 5.75. The topological polar surface area (TPSA) is 52.6 Å². The predicted octanol–water partition coefficient (Wildman–Crippen LogP) is 3.83. The van der Waals surface area contributed by atoms with Crippen LogP contribution in [0.5, 0.6) is 0 Å². The van der Waals surface area contributed by atoms with E-state index in [-0.39, 0.29) is 17.9 Å². The zero-order valence-corrected chi connectivity index (χ0v) is 13.6. The van der Waals surface area contributed by atoms with E-state index in [1.54, 1.807) is 14.0 Å². The van der Waals surface area contributed by atoms with Crippen molar-refractivity contribution in [1.29, 1.82) is 0 Å². The number of allylic oxidation sites excluding steroid dienone is 1. The van der Waals surface area contributed by atoms with E-state index in [4.69, 9.17) is 9.47 Å². The Labute approximate surface area is 128 Å². The molecule has 0 aromatic heterocycles. The molecule has 0 bridgehead atoms. The van der Waals surface area contributed by atoms with Gasteiger partial charge in [-0.1, -0.05) is 6.08 Å². The smallest absolute Gasteiger partial charge is 0.306 e. The number of unbranched alkanes of at least 4 members (excludes halogenated alkanes) is 2. The first kappa shape index (κ1) is 19.8. The molecule has 1 unspecified atom stereocenters. The van der Waals surface area contributed by atoms with E-state index in [1.165, 1.54) is 0 Å². The molecule has 0 spiro atoms. The van der Waals surface area contributed by atoms with Gasteiger partial charge >= 0.3 is 5.97 Å². The first-order chi connectivity index (χ1) is 10.1. The fourth-order valence-electron chi connectivity index (χ4n) is 2.09. The number of rotatable bonds is 14. The van der Waals surface area contributed by atoms with Gasteiger partial charge in [0.2, 0.25) is 0 Å². The fourth-order valence-corrected chi connectivity index (χ4v) is 2.09. The number of carbonyl (C=O) groups excluding carboxylic acids is 2. The molecule has 0 aliphatic carbocycles. The largest absolute Gasteiger partial charge is 0.462 e. The number of methoxy groups -OCH3 is 1. The Morgan fingerprint density at radius 3 is 2.43 bits per heavy atom. The highest BCUT2D eigenvalue weighted by Crippen LogP contribution is 2.14. The minimum Gasteiger partial charge on any atom is -0.462 e. The number of carbonyl (C=O) groups is 2. The first-order valence-corrected chi connectivity index (χ1v) is 7.89. The van der Waals surface area contributed by atoms with Gasteiger partial charge in [-0.05, 0) is 51.9 Å². The molecule has 0 saturated carbocycles. The Bertz CT molecular complexity index is 299. The van der Waals surface area contributed by atoms with Crippen molar-refractivity contribution in [3.05, 3.63) is 12.7 Å². The molecule has 0 N–H and O–H groups in total. The normalized spacial score (nSPS) is 11.9.